The maximum atomic E-state index is 12.7. The molecule has 0 aliphatic rings. The van der Waals surface area contributed by atoms with E-state index in [0.717, 1.165) is 22.6 Å². The number of Topliss-reactive ketones (excluding diaryl/α,β-unsaturated/α-hetero) is 1. The van der Waals surface area contributed by atoms with E-state index in [4.69, 9.17) is 4.74 Å². The Morgan fingerprint density at radius 2 is 1.80 bits per heavy atom. The van der Waals surface area contributed by atoms with E-state index in [1.165, 1.54) is 4.52 Å². The molecule has 0 unspecified atom stereocenters. The first-order valence-corrected chi connectivity index (χ1v) is 9.53. The Morgan fingerprint density at radius 1 is 1.03 bits per heavy atom. The number of ketones is 1. The average Bonchev–Trinajstić information content (AvgIpc) is 3.30. The van der Waals surface area contributed by atoms with Gasteiger partial charge in [-0.05, 0) is 38.5 Å². The van der Waals surface area contributed by atoms with Crippen molar-refractivity contribution in [3.05, 3.63) is 82.7 Å². The number of ether oxygens (including phenoxy) is 1. The molecule has 152 valence electrons. The molecule has 0 saturated carbocycles. The molecule has 0 atom stereocenters. The van der Waals surface area contributed by atoms with Crippen molar-refractivity contribution in [2.45, 2.75) is 27.3 Å². The zero-order chi connectivity index (χ0) is 21.3. The van der Waals surface area contributed by atoms with Crippen molar-refractivity contribution in [3.63, 3.8) is 0 Å². The first-order valence-electron chi connectivity index (χ1n) is 9.53. The molecule has 0 aliphatic heterocycles. The molecule has 8 heteroatoms. The quantitative estimate of drug-likeness (QED) is 0.363. The number of aromatic nitrogens is 5. The fourth-order valence-electron chi connectivity index (χ4n) is 3.36. The van der Waals surface area contributed by atoms with Crippen LogP contribution in [0.3, 0.4) is 0 Å². The second-order valence-corrected chi connectivity index (χ2v) is 7.09. The van der Waals surface area contributed by atoms with Crippen molar-refractivity contribution < 1.29 is 14.3 Å². The summed E-state index contributed by atoms with van der Waals surface area (Å²) in [5, 5.41) is 4.10. The molecule has 4 aromatic rings. The van der Waals surface area contributed by atoms with Crippen LogP contribution in [0.25, 0.3) is 5.78 Å². The van der Waals surface area contributed by atoms with Crippen LogP contribution in [0.5, 0.6) is 0 Å². The molecule has 4 rings (SSSR count). The molecular formula is C22H21N5O3. The van der Waals surface area contributed by atoms with Gasteiger partial charge in [0.1, 0.15) is 0 Å². The van der Waals surface area contributed by atoms with E-state index in [1.807, 2.05) is 57.2 Å². The van der Waals surface area contributed by atoms with Gasteiger partial charge in [0.05, 0.1) is 0 Å². The fourth-order valence-corrected chi connectivity index (χ4v) is 3.36. The summed E-state index contributed by atoms with van der Waals surface area (Å²) in [4.78, 5) is 33.1. The maximum absolute atomic E-state index is 12.7. The summed E-state index contributed by atoms with van der Waals surface area (Å²) in [5.41, 5.74) is 4.27. The Morgan fingerprint density at radius 3 is 2.53 bits per heavy atom. The van der Waals surface area contributed by atoms with Crippen LogP contribution >= 0.6 is 0 Å². The lowest BCUT2D eigenvalue weighted by atomic mass is 10.1. The summed E-state index contributed by atoms with van der Waals surface area (Å²) in [6.07, 6.45) is 1.59. The predicted molar refractivity (Wildman–Crippen MR) is 110 cm³/mol. The standard InChI is InChI=1S/C22H21N5O3/c1-14-9-10-23-22-24-20(25-27(14)22)21(29)30-13-19(28)18-11-15(2)26(16(18)3)12-17-7-5-4-6-8-17/h4-11H,12-13H2,1-3H3. The zero-order valence-electron chi connectivity index (χ0n) is 17.0. The van der Waals surface area contributed by atoms with E-state index >= 15 is 0 Å². The maximum Gasteiger partial charge on any atom is 0.378 e. The van der Waals surface area contributed by atoms with Gasteiger partial charge in [0, 0.05) is 35.4 Å². The molecule has 0 N–H and O–H groups in total. The highest BCUT2D eigenvalue weighted by Gasteiger charge is 2.20. The highest BCUT2D eigenvalue weighted by atomic mass is 16.5. The largest absolute Gasteiger partial charge is 0.451 e. The lowest BCUT2D eigenvalue weighted by Crippen LogP contribution is -2.16. The van der Waals surface area contributed by atoms with Gasteiger partial charge in [-0.3, -0.25) is 4.79 Å². The minimum atomic E-state index is -0.758. The van der Waals surface area contributed by atoms with E-state index in [0.29, 0.717) is 17.9 Å². The average molecular weight is 403 g/mol. The van der Waals surface area contributed by atoms with Crippen LogP contribution in [-0.4, -0.2) is 42.5 Å². The Labute approximate surface area is 173 Å². The first kappa shape index (κ1) is 19.5. The monoisotopic (exact) mass is 403 g/mol. The number of carbonyl (C=O) groups excluding carboxylic acids is 2. The van der Waals surface area contributed by atoms with Gasteiger partial charge in [0.25, 0.3) is 11.6 Å². The van der Waals surface area contributed by atoms with E-state index < -0.39 is 5.97 Å². The lowest BCUT2D eigenvalue weighted by molar-refractivity contribution is 0.0462. The van der Waals surface area contributed by atoms with E-state index in [-0.39, 0.29) is 18.2 Å². The molecular weight excluding hydrogens is 382 g/mol. The highest BCUT2D eigenvalue weighted by molar-refractivity contribution is 6.00. The van der Waals surface area contributed by atoms with Gasteiger partial charge in [-0.15, -0.1) is 5.10 Å². The number of aryl methyl sites for hydroxylation is 2. The van der Waals surface area contributed by atoms with Crippen LogP contribution in [0.1, 0.15) is 43.6 Å². The smallest absolute Gasteiger partial charge is 0.378 e. The van der Waals surface area contributed by atoms with Crippen molar-refractivity contribution in [1.29, 1.82) is 0 Å². The van der Waals surface area contributed by atoms with Gasteiger partial charge < -0.3 is 9.30 Å². The Bertz CT molecular complexity index is 1240. The molecule has 3 heterocycles. The molecule has 8 nitrogen and oxygen atoms in total. The Hall–Kier alpha value is -3.81. The van der Waals surface area contributed by atoms with Crippen molar-refractivity contribution in [2.75, 3.05) is 6.61 Å². The molecule has 1 aromatic carbocycles. The van der Waals surface area contributed by atoms with E-state index in [9.17, 15) is 9.59 Å². The normalized spacial score (nSPS) is 11.0. The summed E-state index contributed by atoms with van der Waals surface area (Å²) in [7, 11) is 0. The third-order valence-electron chi connectivity index (χ3n) is 5.00. The van der Waals surface area contributed by atoms with Gasteiger partial charge in [0.15, 0.2) is 6.61 Å². The van der Waals surface area contributed by atoms with E-state index in [1.54, 1.807) is 12.3 Å². The number of hydrogen-bond donors (Lipinski definition) is 0. The number of benzene rings is 1. The second-order valence-electron chi connectivity index (χ2n) is 7.09. The van der Waals surface area contributed by atoms with Crippen LogP contribution in [-0.2, 0) is 11.3 Å². The van der Waals surface area contributed by atoms with Gasteiger partial charge in [-0.25, -0.2) is 14.3 Å². The third kappa shape index (κ3) is 3.71. The summed E-state index contributed by atoms with van der Waals surface area (Å²) < 4.78 is 8.70. The number of rotatable bonds is 6. The highest BCUT2D eigenvalue weighted by Crippen LogP contribution is 2.18. The van der Waals surface area contributed by atoms with Gasteiger partial charge in [0.2, 0.25) is 5.78 Å². The van der Waals surface area contributed by atoms with Crippen LogP contribution in [0.15, 0.2) is 48.7 Å². The molecule has 0 aliphatic carbocycles. The first-order chi connectivity index (χ1) is 14.4. The summed E-state index contributed by atoms with van der Waals surface area (Å²) in [6, 6.07) is 13.6. The number of hydrogen-bond acceptors (Lipinski definition) is 6. The Kier molecular flexibility index (Phi) is 5.14. The van der Waals surface area contributed by atoms with Crippen LogP contribution in [0.2, 0.25) is 0 Å². The van der Waals surface area contributed by atoms with Gasteiger partial charge in [-0.1, -0.05) is 30.3 Å². The number of carbonyl (C=O) groups is 2. The minimum Gasteiger partial charge on any atom is -0.451 e. The third-order valence-corrected chi connectivity index (χ3v) is 5.00. The molecule has 0 bridgehead atoms. The van der Waals surface area contributed by atoms with E-state index in [2.05, 4.69) is 19.6 Å². The summed E-state index contributed by atoms with van der Waals surface area (Å²) in [5.74, 6) is -0.850. The molecule has 0 spiro atoms. The van der Waals surface area contributed by atoms with Gasteiger partial charge in [-0.2, -0.15) is 4.98 Å². The predicted octanol–water partition coefficient (Wildman–Crippen LogP) is 2.94. The van der Waals surface area contributed by atoms with Crippen molar-refractivity contribution >= 4 is 17.5 Å². The summed E-state index contributed by atoms with van der Waals surface area (Å²) >= 11 is 0. The molecule has 0 saturated heterocycles. The van der Waals surface area contributed by atoms with Crippen LogP contribution in [0.4, 0.5) is 0 Å². The van der Waals surface area contributed by atoms with Crippen molar-refractivity contribution in [2.24, 2.45) is 0 Å². The molecule has 0 amide bonds. The fraction of sp³-hybridized carbons (Fsp3) is 0.227. The lowest BCUT2D eigenvalue weighted by Gasteiger charge is -2.10. The molecule has 0 fully saturated rings. The Balaban J connectivity index is 1.46. The number of esters is 1. The topological polar surface area (TPSA) is 91.4 Å². The van der Waals surface area contributed by atoms with Crippen molar-refractivity contribution in [3.8, 4) is 0 Å². The number of nitrogens with zero attached hydrogens (tertiary/aromatic N) is 5. The molecule has 0 radical (unpaired) electrons. The SMILES string of the molecule is Cc1cc(C(=O)COC(=O)c2nc3nccc(C)n3n2)c(C)n1Cc1ccccc1. The van der Waals surface area contributed by atoms with Crippen molar-refractivity contribution in [1.82, 2.24) is 24.1 Å². The molecule has 3 aromatic heterocycles. The van der Waals surface area contributed by atoms with Gasteiger partial charge >= 0.3 is 5.97 Å². The zero-order valence-corrected chi connectivity index (χ0v) is 17.0. The minimum absolute atomic E-state index is 0.126. The van der Waals surface area contributed by atoms with Crippen LogP contribution < -0.4 is 0 Å². The van der Waals surface area contributed by atoms with Crippen LogP contribution in [0, 0.1) is 20.8 Å². The second kappa shape index (κ2) is 7.90. The summed E-state index contributed by atoms with van der Waals surface area (Å²) in [6.45, 7) is 5.96. The molecule has 30 heavy (non-hydrogen) atoms. The number of fused-ring (bicyclic) bond motifs is 1.